The highest BCUT2D eigenvalue weighted by Gasteiger charge is 2.36. The maximum Gasteiger partial charge on any atom is 0.214 e. The second-order valence-electron chi connectivity index (χ2n) is 7.26. The molecule has 0 aliphatic carbocycles. The van der Waals surface area contributed by atoms with Crippen molar-refractivity contribution in [2.75, 3.05) is 0 Å². The van der Waals surface area contributed by atoms with Gasteiger partial charge in [0.1, 0.15) is 0 Å². The van der Waals surface area contributed by atoms with Gasteiger partial charge in [-0.15, -0.1) is 0 Å². The molecule has 0 bridgehead atoms. The Hall–Kier alpha value is -2.41. The van der Waals surface area contributed by atoms with Crippen molar-refractivity contribution in [1.82, 2.24) is 0 Å². The average Bonchev–Trinajstić information content (AvgIpc) is 2.89. The molecule has 1 aliphatic heterocycles. The Labute approximate surface area is 144 Å². The van der Waals surface area contributed by atoms with Gasteiger partial charge in [-0.2, -0.15) is 4.57 Å². The van der Waals surface area contributed by atoms with E-state index in [2.05, 4.69) is 92.2 Å². The molecular formula is C23H24N+. The van der Waals surface area contributed by atoms with Crippen molar-refractivity contribution >= 4 is 0 Å². The molecule has 120 valence electrons. The summed E-state index contributed by atoms with van der Waals surface area (Å²) in [6.45, 7) is 6.80. The summed E-state index contributed by atoms with van der Waals surface area (Å²) in [5.74, 6) is 0.678. The first-order valence-corrected chi connectivity index (χ1v) is 8.85. The lowest BCUT2D eigenvalue weighted by molar-refractivity contribution is -0.699. The van der Waals surface area contributed by atoms with Gasteiger partial charge in [-0.3, -0.25) is 0 Å². The monoisotopic (exact) mass is 314 g/mol. The largest absolute Gasteiger partial charge is 0.214 e. The summed E-state index contributed by atoms with van der Waals surface area (Å²) in [6.07, 6.45) is 3.46. The van der Waals surface area contributed by atoms with E-state index < -0.39 is 0 Å². The van der Waals surface area contributed by atoms with Crippen LogP contribution in [0.15, 0.2) is 66.9 Å². The summed E-state index contributed by atoms with van der Waals surface area (Å²) in [4.78, 5) is 0. The molecule has 0 saturated carbocycles. The first-order valence-electron chi connectivity index (χ1n) is 8.85. The van der Waals surface area contributed by atoms with Crippen LogP contribution in [0.3, 0.4) is 0 Å². The third kappa shape index (κ3) is 2.45. The Morgan fingerprint density at radius 2 is 1.62 bits per heavy atom. The average molecular weight is 314 g/mol. The van der Waals surface area contributed by atoms with Crippen molar-refractivity contribution in [3.8, 4) is 22.4 Å². The molecule has 1 unspecified atom stereocenters. The molecule has 0 amide bonds. The number of fused-ring (bicyclic) bond motifs is 3. The van der Waals surface area contributed by atoms with Gasteiger partial charge in [0, 0.05) is 24.1 Å². The number of rotatable bonds is 3. The van der Waals surface area contributed by atoms with Crippen LogP contribution in [-0.2, 0) is 0 Å². The van der Waals surface area contributed by atoms with E-state index in [1.165, 1.54) is 39.9 Å². The van der Waals surface area contributed by atoms with Crippen molar-refractivity contribution < 1.29 is 4.57 Å². The van der Waals surface area contributed by atoms with E-state index in [1.54, 1.807) is 0 Å². The summed E-state index contributed by atoms with van der Waals surface area (Å²) >= 11 is 0. The van der Waals surface area contributed by atoms with Crippen molar-refractivity contribution in [1.29, 1.82) is 0 Å². The zero-order chi connectivity index (χ0) is 16.7. The maximum atomic E-state index is 2.46. The molecule has 0 radical (unpaired) electrons. The predicted octanol–water partition coefficient (Wildman–Crippen LogP) is 5.57. The van der Waals surface area contributed by atoms with Gasteiger partial charge in [-0.05, 0) is 35.6 Å². The highest BCUT2D eigenvalue weighted by Crippen LogP contribution is 2.38. The zero-order valence-electron chi connectivity index (χ0n) is 14.7. The number of pyridine rings is 1. The Kier molecular flexibility index (Phi) is 3.72. The fourth-order valence-electron chi connectivity index (χ4n) is 3.92. The van der Waals surface area contributed by atoms with E-state index in [1.807, 2.05) is 0 Å². The van der Waals surface area contributed by atoms with Crippen LogP contribution in [0, 0.1) is 12.8 Å². The van der Waals surface area contributed by atoms with Gasteiger partial charge >= 0.3 is 0 Å². The zero-order valence-corrected chi connectivity index (χ0v) is 14.7. The Balaban J connectivity index is 1.87. The van der Waals surface area contributed by atoms with Crippen molar-refractivity contribution in [3.63, 3.8) is 0 Å². The Bertz CT molecular complexity index is 892. The van der Waals surface area contributed by atoms with E-state index in [4.69, 9.17) is 0 Å². The molecule has 0 N–H and O–H groups in total. The molecule has 4 rings (SSSR count). The van der Waals surface area contributed by atoms with Crippen LogP contribution >= 0.6 is 0 Å². The summed E-state index contributed by atoms with van der Waals surface area (Å²) < 4.78 is 2.46. The van der Waals surface area contributed by atoms with Gasteiger partial charge < -0.3 is 0 Å². The van der Waals surface area contributed by atoms with E-state index in [-0.39, 0.29) is 0 Å². The van der Waals surface area contributed by atoms with Gasteiger partial charge in [0.2, 0.25) is 5.69 Å². The fourth-order valence-corrected chi connectivity index (χ4v) is 3.92. The lowest BCUT2D eigenvalue weighted by Gasteiger charge is -2.11. The third-order valence-electron chi connectivity index (χ3n) is 5.07. The topological polar surface area (TPSA) is 3.88 Å². The maximum absolute atomic E-state index is 2.46. The van der Waals surface area contributed by atoms with Crippen LogP contribution in [-0.4, -0.2) is 0 Å². The Morgan fingerprint density at radius 3 is 2.38 bits per heavy atom. The van der Waals surface area contributed by atoms with Gasteiger partial charge in [0.25, 0.3) is 0 Å². The van der Waals surface area contributed by atoms with Crippen LogP contribution in [0.25, 0.3) is 22.4 Å². The molecule has 1 aliphatic rings. The normalized spacial score (nSPS) is 15.4. The van der Waals surface area contributed by atoms with Gasteiger partial charge in [-0.1, -0.05) is 56.3 Å². The molecule has 0 saturated heterocycles. The van der Waals surface area contributed by atoms with Crippen LogP contribution in [0.4, 0.5) is 0 Å². The molecule has 2 aromatic carbocycles. The third-order valence-corrected chi connectivity index (χ3v) is 5.07. The molecule has 1 atom stereocenters. The number of nitrogens with zero attached hydrogens (tertiary/aromatic N) is 1. The van der Waals surface area contributed by atoms with Crippen LogP contribution in [0.5, 0.6) is 0 Å². The van der Waals surface area contributed by atoms with Crippen molar-refractivity contribution in [3.05, 3.63) is 78.0 Å². The molecule has 1 heteroatoms. The smallest absolute Gasteiger partial charge is 0.191 e. The summed E-state index contributed by atoms with van der Waals surface area (Å²) in [5, 5.41) is 0. The standard InChI is InChI=1S/C23H24N/c1-16(2)14-22-20-10-6-7-11-21(20)23-15-18(12-13-24(22)23)19-9-5-4-8-17(19)3/h4-13,15-16,22H,14H2,1-3H3/q+1. The van der Waals surface area contributed by atoms with Crippen LogP contribution < -0.4 is 4.57 Å². The first kappa shape index (κ1) is 15.1. The number of hydrogen-bond donors (Lipinski definition) is 0. The van der Waals surface area contributed by atoms with Gasteiger partial charge in [-0.25, -0.2) is 0 Å². The minimum absolute atomic E-state index is 0.460. The van der Waals surface area contributed by atoms with Crippen molar-refractivity contribution in [2.45, 2.75) is 33.2 Å². The number of aromatic nitrogens is 1. The molecule has 1 nitrogen and oxygen atoms in total. The fraction of sp³-hybridized carbons (Fsp3) is 0.261. The minimum Gasteiger partial charge on any atom is -0.191 e. The second kappa shape index (κ2) is 5.90. The second-order valence-corrected chi connectivity index (χ2v) is 7.26. The quantitative estimate of drug-likeness (QED) is 0.557. The van der Waals surface area contributed by atoms with E-state index >= 15 is 0 Å². The number of benzene rings is 2. The lowest BCUT2D eigenvalue weighted by Crippen LogP contribution is -2.38. The lowest BCUT2D eigenvalue weighted by atomic mass is 9.96. The minimum atomic E-state index is 0.460. The molecule has 1 aromatic heterocycles. The summed E-state index contributed by atoms with van der Waals surface area (Å²) in [7, 11) is 0. The molecule has 3 aromatic rings. The van der Waals surface area contributed by atoms with E-state index in [0.717, 1.165) is 0 Å². The Morgan fingerprint density at radius 1 is 0.917 bits per heavy atom. The number of hydrogen-bond acceptors (Lipinski definition) is 0. The predicted molar refractivity (Wildman–Crippen MR) is 99.8 cm³/mol. The van der Waals surface area contributed by atoms with Crippen LogP contribution in [0.2, 0.25) is 0 Å². The molecule has 24 heavy (non-hydrogen) atoms. The SMILES string of the molecule is Cc1ccccc1-c1cc[n+]2c(c1)-c1ccccc1C2CC(C)C. The molecular weight excluding hydrogens is 290 g/mol. The van der Waals surface area contributed by atoms with Gasteiger partial charge in [0.15, 0.2) is 12.2 Å². The highest BCUT2D eigenvalue weighted by atomic mass is 15.0. The van der Waals surface area contributed by atoms with Gasteiger partial charge in [0.05, 0.1) is 5.56 Å². The molecule has 0 spiro atoms. The molecule has 0 fully saturated rings. The highest BCUT2D eigenvalue weighted by molar-refractivity contribution is 5.73. The van der Waals surface area contributed by atoms with Crippen LogP contribution in [0.1, 0.15) is 37.4 Å². The van der Waals surface area contributed by atoms with E-state index in [9.17, 15) is 0 Å². The first-order chi connectivity index (χ1) is 11.6. The summed E-state index contributed by atoms with van der Waals surface area (Å²) in [6, 6.07) is 22.6. The van der Waals surface area contributed by atoms with Crippen molar-refractivity contribution in [2.24, 2.45) is 5.92 Å². The molecule has 2 heterocycles. The summed E-state index contributed by atoms with van der Waals surface area (Å²) in [5.41, 5.74) is 8.15. The van der Waals surface area contributed by atoms with E-state index in [0.29, 0.717) is 12.0 Å². The number of aryl methyl sites for hydroxylation is 1.